The molecule has 0 radical (unpaired) electrons. The molecule has 23 heavy (non-hydrogen) atoms. The molecule has 2 aromatic carbocycles. The molecule has 0 N–H and O–H groups in total. The normalized spacial score (nSPS) is 10.4. The van der Waals surface area contributed by atoms with Gasteiger partial charge in [-0.25, -0.2) is 4.79 Å². The Morgan fingerprint density at radius 1 is 0.913 bits per heavy atom. The Morgan fingerprint density at radius 2 is 1.48 bits per heavy atom. The molecule has 0 heterocycles. The Balaban J connectivity index is 1.93. The van der Waals surface area contributed by atoms with E-state index in [1.807, 2.05) is 12.1 Å². The molecular weight excluding hydrogens is 292 g/mol. The summed E-state index contributed by atoms with van der Waals surface area (Å²) in [4.78, 5) is 24.0. The van der Waals surface area contributed by atoms with Gasteiger partial charge in [-0.2, -0.15) is 0 Å². The summed E-state index contributed by atoms with van der Waals surface area (Å²) in [6.07, 6.45) is 0. The quantitative estimate of drug-likeness (QED) is 0.600. The number of benzene rings is 2. The number of Topliss-reactive ketones (excluding diaryl/α,β-unsaturated/α-hetero) is 1. The van der Waals surface area contributed by atoms with Crippen LogP contribution in [0.3, 0.4) is 0 Å². The Morgan fingerprint density at radius 3 is 2.00 bits per heavy atom. The molecular formula is C19H20O4. The van der Waals surface area contributed by atoms with Crippen LogP contribution in [-0.2, 0) is 4.74 Å². The fourth-order valence-corrected chi connectivity index (χ4v) is 2.08. The van der Waals surface area contributed by atoms with Gasteiger partial charge in [0.2, 0.25) is 0 Å². The standard InChI is InChI=1S/C19H20O4/c1-13(2)14-4-6-16(7-5-14)19(21)23-12-18(20)15-8-10-17(22-3)11-9-15/h4-11,13H,12H2,1-3H3. The summed E-state index contributed by atoms with van der Waals surface area (Å²) >= 11 is 0. The van der Waals surface area contributed by atoms with Gasteiger partial charge in [0.05, 0.1) is 12.7 Å². The second-order valence-electron chi connectivity index (χ2n) is 5.50. The van der Waals surface area contributed by atoms with Gasteiger partial charge in [0.25, 0.3) is 0 Å². The molecule has 0 aliphatic heterocycles. The van der Waals surface area contributed by atoms with Crippen molar-refractivity contribution in [3.8, 4) is 5.75 Å². The summed E-state index contributed by atoms with van der Waals surface area (Å²) in [5.41, 5.74) is 2.07. The van der Waals surface area contributed by atoms with Crippen molar-refractivity contribution in [1.29, 1.82) is 0 Å². The Kier molecular flexibility index (Phi) is 5.52. The minimum Gasteiger partial charge on any atom is -0.497 e. The number of carbonyl (C=O) groups excluding carboxylic acids is 2. The fraction of sp³-hybridized carbons (Fsp3) is 0.263. The van der Waals surface area contributed by atoms with Crippen LogP contribution in [0.4, 0.5) is 0 Å². The van der Waals surface area contributed by atoms with Crippen LogP contribution < -0.4 is 4.74 Å². The van der Waals surface area contributed by atoms with Crippen molar-refractivity contribution >= 4 is 11.8 Å². The summed E-state index contributed by atoms with van der Waals surface area (Å²) in [6.45, 7) is 3.89. The van der Waals surface area contributed by atoms with E-state index < -0.39 is 5.97 Å². The molecule has 120 valence electrons. The van der Waals surface area contributed by atoms with Crippen molar-refractivity contribution in [2.24, 2.45) is 0 Å². The van der Waals surface area contributed by atoms with E-state index >= 15 is 0 Å². The first-order chi connectivity index (χ1) is 11.0. The molecule has 0 aliphatic rings. The Labute approximate surface area is 136 Å². The third kappa shape index (κ3) is 4.42. The van der Waals surface area contributed by atoms with Crippen molar-refractivity contribution in [2.75, 3.05) is 13.7 Å². The van der Waals surface area contributed by atoms with Gasteiger partial charge in [0, 0.05) is 5.56 Å². The molecule has 0 spiro atoms. The minimum atomic E-state index is -0.498. The fourth-order valence-electron chi connectivity index (χ4n) is 2.08. The van der Waals surface area contributed by atoms with Crippen LogP contribution in [0.2, 0.25) is 0 Å². The highest BCUT2D eigenvalue weighted by Gasteiger charge is 2.12. The zero-order valence-corrected chi connectivity index (χ0v) is 13.5. The summed E-state index contributed by atoms with van der Waals surface area (Å²) in [6, 6.07) is 13.9. The molecule has 0 saturated heterocycles. The van der Waals surface area contributed by atoms with Gasteiger partial charge in [-0.3, -0.25) is 4.79 Å². The molecule has 0 atom stereocenters. The zero-order valence-electron chi connectivity index (χ0n) is 13.5. The molecule has 0 bridgehead atoms. The number of hydrogen-bond acceptors (Lipinski definition) is 4. The Bertz CT molecular complexity index is 670. The van der Waals surface area contributed by atoms with E-state index in [0.29, 0.717) is 22.8 Å². The van der Waals surface area contributed by atoms with E-state index in [1.165, 1.54) is 0 Å². The molecule has 2 rings (SSSR count). The SMILES string of the molecule is COc1ccc(C(=O)COC(=O)c2ccc(C(C)C)cc2)cc1. The number of rotatable bonds is 6. The lowest BCUT2D eigenvalue weighted by molar-refractivity contribution is 0.0474. The van der Waals surface area contributed by atoms with Crippen molar-refractivity contribution in [1.82, 2.24) is 0 Å². The highest BCUT2D eigenvalue weighted by molar-refractivity contribution is 5.99. The van der Waals surface area contributed by atoms with Crippen LogP contribution in [0.1, 0.15) is 46.0 Å². The topological polar surface area (TPSA) is 52.6 Å². The van der Waals surface area contributed by atoms with Crippen LogP contribution in [0, 0.1) is 0 Å². The lowest BCUT2D eigenvalue weighted by atomic mass is 10.0. The van der Waals surface area contributed by atoms with E-state index in [4.69, 9.17) is 9.47 Å². The van der Waals surface area contributed by atoms with Gasteiger partial charge in [0.1, 0.15) is 5.75 Å². The molecule has 0 saturated carbocycles. The van der Waals surface area contributed by atoms with Crippen LogP contribution in [0.5, 0.6) is 5.75 Å². The maximum absolute atomic E-state index is 12.0. The number of esters is 1. The summed E-state index contributed by atoms with van der Waals surface area (Å²) in [5, 5.41) is 0. The van der Waals surface area contributed by atoms with Crippen LogP contribution in [-0.4, -0.2) is 25.5 Å². The highest BCUT2D eigenvalue weighted by Crippen LogP contribution is 2.15. The summed E-state index contributed by atoms with van der Waals surface area (Å²) < 4.78 is 10.1. The van der Waals surface area contributed by atoms with E-state index in [2.05, 4.69) is 13.8 Å². The number of carbonyl (C=O) groups is 2. The molecule has 0 fully saturated rings. The van der Waals surface area contributed by atoms with Gasteiger partial charge in [-0.05, 0) is 47.9 Å². The molecule has 0 aliphatic carbocycles. The third-order valence-corrected chi connectivity index (χ3v) is 3.56. The van der Waals surface area contributed by atoms with E-state index in [-0.39, 0.29) is 12.4 Å². The van der Waals surface area contributed by atoms with E-state index in [1.54, 1.807) is 43.5 Å². The summed E-state index contributed by atoms with van der Waals surface area (Å²) in [7, 11) is 1.56. The Hall–Kier alpha value is -2.62. The second-order valence-corrected chi connectivity index (χ2v) is 5.50. The predicted molar refractivity (Wildman–Crippen MR) is 88.1 cm³/mol. The molecule has 0 amide bonds. The molecule has 4 heteroatoms. The highest BCUT2D eigenvalue weighted by atomic mass is 16.5. The molecule has 2 aromatic rings. The number of ether oxygens (including phenoxy) is 2. The average molecular weight is 312 g/mol. The van der Waals surface area contributed by atoms with Crippen molar-refractivity contribution in [3.63, 3.8) is 0 Å². The first-order valence-corrected chi connectivity index (χ1v) is 7.45. The first-order valence-electron chi connectivity index (χ1n) is 7.45. The molecule has 4 nitrogen and oxygen atoms in total. The largest absolute Gasteiger partial charge is 0.497 e. The van der Waals surface area contributed by atoms with Gasteiger partial charge in [-0.15, -0.1) is 0 Å². The lowest BCUT2D eigenvalue weighted by Gasteiger charge is -2.07. The smallest absolute Gasteiger partial charge is 0.338 e. The van der Waals surface area contributed by atoms with Gasteiger partial charge >= 0.3 is 5.97 Å². The first kappa shape index (κ1) is 16.7. The van der Waals surface area contributed by atoms with Crippen LogP contribution in [0.25, 0.3) is 0 Å². The van der Waals surface area contributed by atoms with Gasteiger partial charge in [0.15, 0.2) is 12.4 Å². The third-order valence-electron chi connectivity index (χ3n) is 3.56. The number of methoxy groups -OCH3 is 1. The van der Waals surface area contributed by atoms with Crippen molar-refractivity contribution < 1.29 is 19.1 Å². The maximum Gasteiger partial charge on any atom is 0.338 e. The van der Waals surface area contributed by atoms with Gasteiger partial charge < -0.3 is 9.47 Å². The lowest BCUT2D eigenvalue weighted by Crippen LogP contribution is -2.14. The average Bonchev–Trinajstić information content (AvgIpc) is 2.59. The molecule has 0 aromatic heterocycles. The van der Waals surface area contributed by atoms with Crippen LogP contribution >= 0.6 is 0 Å². The van der Waals surface area contributed by atoms with Gasteiger partial charge in [-0.1, -0.05) is 26.0 Å². The number of ketones is 1. The van der Waals surface area contributed by atoms with E-state index in [0.717, 1.165) is 5.56 Å². The monoisotopic (exact) mass is 312 g/mol. The second kappa shape index (κ2) is 7.58. The maximum atomic E-state index is 12.0. The summed E-state index contributed by atoms with van der Waals surface area (Å²) in [5.74, 6) is 0.322. The van der Waals surface area contributed by atoms with Crippen LogP contribution in [0.15, 0.2) is 48.5 Å². The predicted octanol–water partition coefficient (Wildman–Crippen LogP) is 3.86. The van der Waals surface area contributed by atoms with E-state index in [9.17, 15) is 9.59 Å². The minimum absolute atomic E-state index is 0.250. The van der Waals surface area contributed by atoms with Crippen molar-refractivity contribution in [3.05, 3.63) is 65.2 Å². The van der Waals surface area contributed by atoms with Crippen molar-refractivity contribution in [2.45, 2.75) is 19.8 Å². The zero-order chi connectivity index (χ0) is 16.8. The molecule has 0 unspecified atom stereocenters. The number of hydrogen-bond donors (Lipinski definition) is 0.